The van der Waals surface area contributed by atoms with E-state index in [9.17, 15) is 0 Å². The first kappa shape index (κ1) is 14.6. The molecule has 0 spiro atoms. The van der Waals surface area contributed by atoms with Crippen LogP contribution in [0.2, 0.25) is 0 Å². The van der Waals surface area contributed by atoms with Gasteiger partial charge in [-0.25, -0.2) is 0 Å². The smallest absolute Gasteiger partial charge is 0.118 e. The summed E-state index contributed by atoms with van der Waals surface area (Å²) in [4.78, 5) is 2.50. The molecule has 2 aromatic carbocycles. The highest BCUT2D eigenvalue weighted by molar-refractivity contribution is 5.33. The van der Waals surface area contributed by atoms with Gasteiger partial charge in [-0.15, -0.1) is 0 Å². The maximum absolute atomic E-state index is 9.03. The highest BCUT2D eigenvalue weighted by atomic mass is 16.5. The van der Waals surface area contributed by atoms with Crippen LogP contribution in [-0.4, -0.2) is 18.6 Å². The number of methoxy groups -OCH3 is 1. The molecular weight excluding hydrogens is 272 g/mol. The number of hydrogen-bond acceptors (Lipinski definition) is 3. The van der Waals surface area contributed by atoms with E-state index in [-0.39, 0.29) is 0 Å². The third-order valence-electron chi connectivity index (χ3n) is 4.31. The number of benzene rings is 2. The summed E-state index contributed by atoms with van der Waals surface area (Å²) in [5, 5.41) is 9.03. The lowest BCUT2D eigenvalue weighted by Crippen LogP contribution is -2.22. The number of nitrogens with zero attached hydrogens (tertiary/aromatic N) is 2. The van der Waals surface area contributed by atoms with Gasteiger partial charge in [0.2, 0.25) is 0 Å². The number of rotatable bonds is 4. The minimum atomic E-state index is 0.455. The van der Waals surface area contributed by atoms with Crippen molar-refractivity contribution in [2.24, 2.45) is 0 Å². The van der Waals surface area contributed by atoms with Crippen molar-refractivity contribution in [3.63, 3.8) is 0 Å². The molecule has 0 amide bonds. The zero-order chi connectivity index (χ0) is 15.4. The Hall–Kier alpha value is -2.31. The molecule has 1 atom stereocenters. The van der Waals surface area contributed by atoms with Crippen LogP contribution in [0.15, 0.2) is 48.5 Å². The van der Waals surface area contributed by atoms with E-state index in [0.29, 0.717) is 6.04 Å². The molecule has 0 saturated carbocycles. The summed E-state index contributed by atoms with van der Waals surface area (Å²) in [5.41, 5.74) is 3.28. The summed E-state index contributed by atoms with van der Waals surface area (Å²) in [6, 6.07) is 19.0. The fourth-order valence-corrected chi connectivity index (χ4v) is 3.19. The van der Waals surface area contributed by atoms with Gasteiger partial charge in [-0.1, -0.05) is 24.3 Å². The number of ether oxygens (including phenoxy) is 1. The van der Waals surface area contributed by atoms with E-state index in [1.807, 2.05) is 30.3 Å². The van der Waals surface area contributed by atoms with Crippen LogP contribution in [0.3, 0.4) is 0 Å². The summed E-state index contributed by atoms with van der Waals surface area (Å²) < 4.78 is 5.24. The van der Waals surface area contributed by atoms with Crippen molar-refractivity contribution in [1.29, 1.82) is 5.26 Å². The van der Waals surface area contributed by atoms with Crippen molar-refractivity contribution in [1.82, 2.24) is 4.90 Å². The van der Waals surface area contributed by atoms with Crippen LogP contribution in [0, 0.1) is 11.3 Å². The molecule has 0 radical (unpaired) electrons. The molecule has 0 bridgehead atoms. The lowest BCUT2D eigenvalue weighted by Gasteiger charge is -2.25. The van der Waals surface area contributed by atoms with Crippen molar-refractivity contribution in [3.8, 4) is 11.8 Å². The quantitative estimate of drug-likeness (QED) is 0.857. The molecule has 1 fully saturated rings. The minimum Gasteiger partial charge on any atom is -0.497 e. The van der Waals surface area contributed by atoms with Crippen molar-refractivity contribution in [3.05, 3.63) is 65.2 Å². The molecule has 3 heteroatoms. The molecule has 0 aliphatic carbocycles. The number of nitriles is 1. The van der Waals surface area contributed by atoms with E-state index < -0.39 is 0 Å². The third kappa shape index (κ3) is 3.13. The van der Waals surface area contributed by atoms with Crippen LogP contribution in [0.1, 0.15) is 35.6 Å². The predicted octanol–water partition coefficient (Wildman–Crippen LogP) is 3.90. The molecule has 112 valence electrons. The zero-order valence-corrected chi connectivity index (χ0v) is 12.8. The number of hydrogen-bond donors (Lipinski definition) is 0. The monoisotopic (exact) mass is 292 g/mol. The Bertz CT molecular complexity index is 673. The molecule has 22 heavy (non-hydrogen) atoms. The van der Waals surface area contributed by atoms with Crippen LogP contribution in [0.5, 0.6) is 5.75 Å². The summed E-state index contributed by atoms with van der Waals surface area (Å²) in [7, 11) is 1.69. The Morgan fingerprint density at radius 3 is 2.77 bits per heavy atom. The molecule has 0 aromatic heterocycles. The van der Waals surface area contributed by atoms with Gasteiger partial charge >= 0.3 is 0 Å². The normalized spacial score (nSPS) is 18.1. The maximum Gasteiger partial charge on any atom is 0.118 e. The van der Waals surface area contributed by atoms with Gasteiger partial charge in [0.05, 0.1) is 18.7 Å². The molecule has 0 N–H and O–H groups in total. The molecule has 1 heterocycles. The van der Waals surface area contributed by atoms with Crippen LogP contribution in [-0.2, 0) is 6.54 Å². The molecule has 1 saturated heterocycles. The van der Waals surface area contributed by atoms with Crippen LogP contribution < -0.4 is 4.74 Å². The summed E-state index contributed by atoms with van der Waals surface area (Å²) in [6.07, 6.45) is 2.40. The SMILES string of the molecule is COc1ccc([C@H]2CCCN2Cc2cccc(C#N)c2)cc1. The Morgan fingerprint density at radius 1 is 1.23 bits per heavy atom. The summed E-state index contributed by atoms with van der Waals surface area (Å²) in [5.74, 6) is 0.898. The third-order valence-corrected chi connectivity index (χ3v) is 4.31. The van der Waals surface area contributed by atoms with E-state index in [0.717, 1.165) is 24.4 Å². The Labute approximate surface area is 131 Å². The second-order valence-electron chi connectivity index (χ2n) is 5.71. The number of likely N-dealkylation sites (tertiary alicyclic amines) is 1. The summed E-state index contributed by atoms with van der Waals surface area (Å²) in [6.45, 7) is 2.00. The molecule has 1 aliphatic rings. The predicted molar refractivity (Wildman–Crippen MR) is 86.5 cm³/mol. The Kier molecular flexibility index (Phi) is 4.41. The van der Waals surface area contributed by atoms with Crippen LogP contribution in [0.25, 0.3) is 0 Å². The van der Waals surface area contributed by atoms with Gasteiger partial charge in [0.25, 0.3) is 0 Å². The molecular formula is C19H20N2O. The molecule has 3 nitrogen and oxygen atoms in total. The molecule has 1 aliphatic heterocycles. The van der Waals surface area contributed by atoms with Crippen molar-refractivity contribution in [2.75, 3.05) is 13.7 Å². The van der Waals surface area contributed by atoms with Gasteiger partial charge < -0.3 is 4.74 Å². The molecule has 0 unspecified atom stereocenters. The largest absolute Gasteiger partial charge is 0.497 e. The van der Waals surface area contributed by atoms with E-state index >= 15 is 0 Å². The first-order chi connectivity index (χ1) is 10.8. The standard InChI is InChI=1S/C19H20N2O/c1-22-18-9-7-17(8-10-18)19-6-3-11-21(19)14-16-5-2-4-15(12-16)13-20/h2,4-5,7-10,12,19H,3,6,11,14H2,1H3/t19-/m1/s1. The lowest BCUT2D eigenvalue weighted by molar-refractivity contribution is 0.248. The average Bonchev–Trinajstić information content (AvgIpc) is 3.03. The molecule has 3 rings (SSSR count). The van der Waals surface area contributed by atoms with Crippen LogP contribution in [0.4, 0.5) is 0 Å². The first-order valence-electron chi connectivity index (χ1n) is 7.67. The van der Waals surface area contributed by atoms with E-state index in [2.05, 4.69) is 29.2 Å². The highest BCUT2D eigenvalue weighted by Crippen LogP contribution is 2.33. The van der Waals surface area contributed by atoms with E-state index in [1.165, 1.54) is 24.0 Å². The van der Waals surface area contributed by atoms with Crippen LogP contribution >= 0.6 is 0 Å². The fraction of sp³-hybridized carbons (Fsp3) is 0.316. The van der Waals surface area contributed by atoms with Gasteiger partial charge in [0.1, 0.15) is 5.75 Å². The van der Waals surface area contributed by atoms with Gasteiger partial charge in [-0.2, -0.15) is 5.26 Å². The van der Waals surface area contributed by atoms with Gasteiger partial charge in [0.15, 0.2) is 0 Å². The zero-order valence-electron chi connectivity index (χ0n) is 12.8. The van der Waals surface area contributed by atoms with E-state index in [4.69, 9.17) is 10.00 Å². The van der Waals surface area contributed by atoms with Gasteiger partial charge in [-0.3, -0.25) is 4.90 Å². The average molecular weight is 292 g/mol. The van der Waals surface area contributed by atoms with Gasteiger partial charge in [0, 0.05) is 12.6 Å². The fourth-order valence-electron chi connectivity index (χ4n) is 3.19. The van der Waals surface area contributed by atoms with Gasteiger partial charge in [-0.05, 0) is 54.8 Å². The lowest BCUT2D eigenvalue weighted by atomic mass is 10.0. The van der Waals surface area contributed by atoms with Crippen molar-refractivity contribution >= 4 is 0 Å². The second-order valence-corrected chi connectivity index (χ2v) is 5.71. The Balaban J connectivity index is 1.76. The summed E-state index contributed by atoms with van der Waals surface area (Å²) >= 11 is 0. The Morgan fingerprint density at radius 2 is 2.05 bits per heavy atom. The minimum absolute atomic E-state index is 0.455. The highest BCUT2D eigenvalue weighted by Gasteiger charge is 2.25. The van der Waals surface area contributed by atoms with Crippen molar-refractivity contribution < 1.29 is 4.74 Å². The second kappa shape index (κ2) is 6.64. The van der Waals surface area contributed by atoms with Crippen molar-refractivity contribution in [2.45, 2.75) is 25.4 Å². The topological polar surface area (TPSA) is 36.3 Å². The first-order valence-corrected chi connectivity index (χ1v) is 7.67. The molecule has 2 aromatic rings. The maximum atomic E-state index is 9.03. The van der Waals surface area contributed by atoms with E-state index in [1.54, 1.807) is 7.11 Å².